The number of amides is 1. The molecule has 0 heterocycles. The molecule has 1 amide bonds. The fraction of sp³-hybridized carbons (Fsp3) is 0.556. The van der Waals surface area contributed by atoms with Crippen molar-refractivity contribution in [3.05, 3.63) is 29.8 Å². The summed E-state index contributed by atoms with van der Waals surface area (Å²) in [6.45, 7) is 3.26. The largest absolute Gasteiger partial charge is 0.481 e. The molecule has 0 unspecified atom stereocenters. The van der Waals surface area contributed by atoms with Crippen LogP contribution in [-0.4, -0.2) is 23.8 Å². The van der Waals surface area contributed by atoms with E-state index >= 15 is 0 Å². The van der Waals surface area contributed by atoms with Gasteiger partial charge in [-0.05, 0) is 38.8 Å². The number of hydrogen-bond acceptors (Lipinski definition) is 3. The van der Waals surface area contributed by atoms with Crippen molar-refractivity contribution in [3.8, 4) is 5.75 Å². The summed E-state index contributed by atoms with van der Waals surface area (Å²) in [6, 6.07) is 7.22. The van der Waals surface area contributed by atoms with E-state index in [4.69, 9.17) is 4.74 Å². The predicted octanol–water partition coefficient (Wildman–Crippen LogP) is 3.50. The minimum Gasteiger partial charge on any atom is -0.481 e. The first-order valence-corrected chi connectivity index (χ1v) is 8.14. The Hall–Kier alpha value is -1.84. The summed E-state index contributed by atoms with van der Waals surface area (Å²) >= 11 is 0. The molecule has 0 aromatic heterocycles. The number of hydrogen-bond donors (Lipinski definition) is 1. The van der Waals surface area contributed by atoms with Gasteiger partial charge in [-0.25, -0.2) is 0 Å². The van der Waals surface area contributed by atoms with E-state index in [0.717, 1.165) is 12.8 Å². The summed E-state index contributed by atoms with van der Waals surface area (Å²) < 4.78 is 5.68. The van der Waals surface area contributed by atoms with Crippen LogP contribution in [0.4, 0.5) is 0 Å². The normalized spacial score (nSPS) is 17.4. The van der Waals surface area contributed by atoms with Gasteiger partial charge in [0.05, 0.1) is 0 Å². The van der Waals surface area contributed by atoms with Gasteiger partial charge in [0.2, 0.25) is 0 Å². The zero-order valence-corrected chi connectivity index (χ0v) is 13.4. The highest BCUT2D eigenvalue weighted by molar-refractivity contribution is 5.94. The van der Waals surface area contributed by atoms with Crippen LogP contribution in [0.2, 0.25) is 0 Å². The van der Waals surface area contributed by atoms with Gasteiger partial charge >= 0.3 is 0 Å². The Labute approximate surface area is 132 Å². The van der Waals surface area contributed by atoms with E-state index in [-0.39, 0.29) is 17.7 Å². The molecule has 1 aromatic rings. The van der Waals surface area contributed by atoms with Crippen LogP contribution in [0, 0.1) is 0 Å². The van der Waals surface area contributed by atoms with Gasteiger partial charge in [-0.15, -0.1) is 0 Å². The number of ether oxygens (including phenoxy) is 1. The van der Waals surface area contributed by atoms with Crippen molar-refractivity contribution >= 4 is 11.7 Å². The van der Waals surface area contributed by atoms with Crippen LogP contribution < -0.4 is 10.1 Å². The minimum absolute atomic E-state index is 0.0130. The van der Waals surface area contributed by atoms with Crippen molar-refractivity contribution in [1.82, 2.24) is 5.32 Å². The molecule has 1 atom stereocenters. The molecule has 4 heteroatoms. The molecule has 1 fully saturated rings. The Balaban J connectivity index is 1.90. The number of benzene rings is 1. The number of nitrogens with one attached hydrogen (secondary N) is 1. The van der Waals surface area contributed by atoms with Crippen LogP contribution >= 0.6 is 0 Å². The first-order valence-electron chi connectivity index (χ1n) is 8.14. The SMILES string of the molecule is CC(=O)c1cccc(O[C@@H](C)C(=O)NC2CCCCCC2)c1. The van der Waals surface area contributed by atoms with Crippen LogP contribution in [0.1, 0.15) is 62.7 Å². The van der Waals surface area contributed by atoms with Crippen molar-refractivity contribution in [3.63, 3.8) is 0 Å². The van der Waals surface area contributed by atoms with Gasteiger partial charge in [0.25, 0.3) is 5.91 Å². The topological polar surface area (TPSA) is 55.4 Å². The molecule has 1 saturated carbocycles. The number of carbonyl (C=O) groups is 2. The van der Waals surface area contributed by atoms with E-state index in [9.17, 15) is 9.59 Å². The Bertz CT molecular complexity index is 519. The van der Waals surface area contributed by atoms with E-state index in [1.807, 2.05) is 0 Å². The minimum atomic E-state index is -0.564. The molecule has 1 aromatic carbocycles. The molecule has 1 aliphatic rings. The van der Waals surface area contributed by atoms with Gasteiger partial charge in [-0.1, -0.05) is 37.8 Å². The van der Waals surface area contributed by atoms with E-state index in [1.54, 1.807) is 31.2 Å². The summed E-state index contributed by atoms with van der Waals surface area (Å²) in [4.78, 5) is 23.6. The highest BCUT2D eigenvalue weighted by Gasteiger charge is 2.20. The lowest BCUT2D eigenvalue weighted by Crippen LogP contribution is -2.42. The van der Waals surface area contributed by atoms with E-state index < -0.39 is 6.10 Å². The summed E-state index contributed by atoms with van der Waals surface area (Å²) in [7, 11) is 0. The monoisotopic (exact) mass is 303 g/mol. The molecular formula is C18H25NO3. The fourth-order valence-electron chi connectivity index (χ4n) is 2.79. The van der Waals surface area contributed by atoms with Crippen LogP contribution in [0.25, 0.3) is 0 Å². The molecule has 0 saturated heterocycles. The van der Waals surface area contributed by atoms with E-state index in [2.05, 4.69) is 5.32 Å². The van der Waals surface area contributed by atoms with Crippen molar-refractivity contribution < 1.29 is 14.3 Å². The number of Topliss-reactive ketones (excluding diaryl/α,β-unsaturated/α-hetero) is 1. The maximum absolute atomic E-state index is 12.2. The number of carbonyl (C=O) groups excluding carboxylic acids is 2. The maximum atomic E-state index is 12.2. The van der Waals surface area contributed by atoms with Crippen LogP contribution in [0.15, 0.2) is 24.3 Å². The average Bonchev–Trinajstić information content (AvgIpc) is 2.76. The fourth-order valence-corrected chi connectivity index (χ4v) is 2.79. The molecule has 0 bridgehead atoms. The van der Waals surface area contributed by atoms with Gasteiger partial charge in [-0.2, -0.15) is 0 Å². The van der Waals surface area contributed by atoms with Crippen molar-refractivity contribution in [2.75, 3.05) is 0 Å². The Morgan fingerprint density at radius 3 is 2.50 bits per heavy atom. The molecule has 1 N–H and O–H groups in total. The number of ketones is 1. The third-order valence-electron chi connectivity index (χ3n) is 4.12. The molecule has 120 valence electrons. The molecule has 0 aliphatic heterocycles. The second-order valence-electron chi connectivity index (χ2n) is 6.04. The second kappa shape index (κ2) is 7.97. The van der Waals surface area contributed by atoms with Crippen molar-refractivity contribution in [2.24, 2.45) is 0 Å². The highest BCUT2D eigenvalue weighted by atomic mass is 16.5. The lowest BCUT2D eigenvalue weighted by molar-refractivity contribution is -0.128. The van der Waals surface area contributed by atoms with Gasteiger partial charge in [0.15, 0.2) is 11.9 Å². The average molecular weight is 303 g/mol. The maximum Gasteiger partial charge on any atom is 0.260 e. The summed E-state index contributed by atoms with van der Waals surface area (Å²) in [6.07, 6.45) is 6.43. The molecule has 1 aliphatic carbocycles. The first kappa shape index (κ1) is 16.5. The smallest absolute Gasteiger partial charge is 0.260 e. The molecule has 0 radical (unpaired) electrons. The van der Waals surface area contributed by atoms with Gasteiger partial charge < -0.3 is 10.1 Å². The first-order chi connectivity index (χ1) is 10.6. The highest BCUT2D eigenvalue weighted by Crippen LogP contribution is 2.18. The van der Waals surface area contributed by atoms with E-state index in [0.29, 0.717) is 11.3 Å². The van der Waals surface area contributed by atoms with Gasteiger partial charge in [0.1, 0.15) is 5.75 Å². The third kappa shape index (κ3) is 4.86. The van der Waals surface area contributed by atoms with E-state index in [1.165, 1.54) is 32.6 Å². The summed E-state index contributed by atoms with van der Waals surface area (Å²) in [5, 5.41) is 3.09. The quantitative estimate of drug-likeness (QED) is 0.669. The Morgan fingerprint density at radius 1 is 1.18 bits per heavy atom. The Morgan fingerprint density at radius 2 is 1.86 bits per heavy atom. The van der Waals surface area contributed by atoms with Crippen LogP contribution in [0.3, 0.4) is 0 Å². The molecule has 0 spiro atoms. The molecule has 2 rings (SSSR count). The third-order valence-corrected chi connectivity index (χ3v) is 4.12. The zero-order chi connectivity index (χ0) is 15.9. The molecule has 4 nitrogen and oxygen atoms in total. The standard InChI is InChI=1S/C18H25NO3/c1-13(20)15-8-7-11-17(12-15)22-14(2)18(21)19-16-9-5-3-4-6-10-16/h7-8,11-12,14,16H,3-6,9-10H2,1-2H3,(H,19,21)/t14-/m0/s1. The Kier molecular flexibility index (Phi) is 5.99. The van der Waals surface area contributed by atoms with Crippen LogP contribution in [0.5, 0.6) is 5.75 Å². The number of rotatable bonds is 5. The zero-order valence-electron chi connectivity index (χ0n) is 13.4. The molecular weight excluding hydrogens is 278 g/mol. The molecule has 22 heavy (non-hydrogen) atoms. The van der Waals surface area contributed by atoms with Gasteiger partial charge in [0, 0.05) is 11.6 Å². The summed E-state index contributed by atoms with van der Waals surface area (Å²) in [5.41, 5.74) is 0.592. The predicted molar refractivity (Wildman–Crippen MR) is 86.2 cm³/mol. The second-order valence-corrected chi connectivity index (χ2v) is 6.04. The van der Waals surface area contributed by atoms with Gasteiger partial charge in [-0.3, -0.25) is 9.59 Å². The lowest BCUT2D eigenvalue weighted by atomic mass is 10.1. The van der Waals surface area contributed by atoms with Crippen molar-refractivity contribution in [2.45, 2.75) is 64.5 Å². The van der Waals surface area contributed by atoms with Crippen LogP contribution in [-0.2, 0) is 4.79 Å². The van der Waals surface area contributed by atoms with Crippen molar-refractivity contribution in [1.29, 1.82) is 0 Å². The summed E-state index contributed by atoms with van der Waals surface area (Å²) in [5.74, 6) is 0.456. The lowest BCUT2D eigenvalue weighted by Gasteiger charge is -2.20.